The fraction of sp³-hybridized carbons (Fsp3) is 0.200. The van der Waals surface area contributed by atoms with E-state index in [4.69, 9.17) is 0 Å². The largest absolute Gasteiger partial charge is 0.360 e. The molecule has 0 aliphatic carbocycles. The predicted octanol–water partition coefficient (Wildman–Crippen LogP) is 1.04. The molecular weight excluding hydrogens is 148 g/mol. The van der Waals surface area contributed by atoms with Crippen LogP contribution < -0.4 is 10.6 Å². The molecule has 0 saturated heterocycles. The minimum Gasteiger partial charge on any atom is -0.360 e. The molecule has 0 spiro atoms. The molecule has 1 aromatic heterocycles. The van der Waals surface area contributed by atoms with E-state index in [-0.39, 0.29) is 1.43 Å². The van der Waals surface area contributed by atoms with Gasteiger partial charge in [0.05, 0.1) is 11.5 Å². The summed E-state index contributed by atoms with van der Waals surface area (Å²) < 4.78 is 0. The molecule has 1 aliphatic rings. The van der Waals surface area contributed by atoms with Crippen LogP contribution in [0.2, 0.25) is 0 Å². The maximum absolute atomic E-state index is 3.89. The second-order valence-corrected chi connectivity index (χ2v) is 2.07. The molecule has 12 heavy (non-hydrogen) atoms. The van der Waals surface area contributed by atoms with Crippen molar-refractivity contribution in [3.05, 3.63) is 28.9 Å². The van der Waals surface area contributed by atoms with Gasteiger partial charge in [0.1, 0.15) is 0 Å². The third-order valence-electron chi connectivity index (χ3n) is 1.42. The van der Waals surface area contributed by atoms with E-state index in [9.17, 15) is 0 Å². The second kappa shape index (κ2) is 4.37. The van der Waals surface area contributed by atoms with E-state index < -0.39 is 0 Å². The summed E-state index contributed by atoms with van der Waals surface area (Å²) in [5, 5.41) is 2.20. The number of aromatic amines is 1. The Bertz CT molecular complexity index is 374. The maximum atomic E-state index is 3.89. The lowest BCUT2D eigenvalue weighted by atomic mass is 10.4. The van der Waals surface area contributed by atoms with Gasteiger partial charge in [0.15, 0.2) is 0 Å². The summed E-state index contributed by atoms with van der Waals surface area (Å²) in [7, 11) is 0. The Kier molecular flexibility index (Phi) is 3.12. The summed E-state index contributed by atoms with van der Waals surface area (Å²) in [6, 6.07) is 2.00. The van der Waals surface area contributed by atoms with Crippen molar-refractivity contribution in [3.8, 4) is 0 Å². The van der Waals surface area contributed by atoms with Crippen LogP contribution in [0.5, 0.6) is 0 Å². The number of aromatic nitrogens is 1. The molecule has 2 nitrogen and oxygen atoms in total. The number of aliphatic imine (C=N–C) groups is 1. The van der Waals surface area contributed by atoms with Crippen molar-refractivity contribution in [3.63, 3.8) is 0 Å². The van der Waals surface area contributed by atoms with Crippen LogP contribution in [0.25, 0.3) is 12.3 Å². The van der Waals surface area contributed by atoms with Crippen molar-refractivity contribution >= 4 is 18.1 Å². The van der Waals surface area contributed by atoms with Gasteiger partial charge < -0.3 is 4.98 Å². The molecule has 2 rings (SSSR count). The van der Waals surface area contributed by atoms with E-state index in [1.165, 1.54) is 0 Å². The molecule has 2 heterocycles. The Hall–Kier alpha value is -1.53. The zero-order chi connectivity index (χ0) is 8.81. The smallest absolute Gasteiger partial charge is 0.0648 e. The number of nitrogens with one attached hydrogen (secondary N) is 1. The first kappa shape index (κ1) is 8.57. The lowest BCUT2D eigenvalue weighted by Crippen LogP contribution is -2.20. The Morgan fingerprint density at radius 2 is 2.33 bits per heavy atom. The fourth-order valence-electron chi connectivity index (χ4n) is 0.923. The molecule has 64 valence electrons. The van der Waals surface area contributed by atoms with Crippen molar-refractivity contribution < 1.29 is 1.43 Å². The highest BCUT2D eigenvalue weighted by Crippen LogP contribution is 1.73. The molecule has 1 N–H and O–H groups in total. The number of hydrogen-bond acceptors (Lipinski definition) is 1. The van der Waals surface area contributed by atoms with Crippen molar-refractivity contribution in [1.29, 1.82) is 0 Å². The lowest BCUT2D eigenvalue weighted by Gasteiger charge is -1.70. The minimum absolute atomic E-state index is 0. The normalized spacial score (nSPS) is 11.5. The Morgan fingerprint density at radius 3 is 3.17 bits per heavy atom. The summed E-state index contributed by atoms with van der Waals surface area (Å²) in [5.74, 6) is 2.75. The second-order valence-electron chi connectivity index (χ2n) is 2.07. The number of H-pyrrole nitrogens is 1. The highest BCUT2D eigenvalue weighted by molar-refractivity contribution is 5.66. The highest BCUT2D eigenvalue weighted by atomic mass is 14.7. The summed E-state index contributed by atoms with van der Waals surface area (Å²) in [4.78, 5) is 6.95. The highest BCUT2D eigenvalue weighted by Gasteiger charge is 1.83. The SMILES string of the molecule is C1=CC=c2cc[nH]c2=CN=1.CC.[HH]. The summed E-state index contributed by atoms with van der Waals surface area (Å²) in [6.45, 7) is 4.00. The molecule has 0 aromatic carbocycles. The van der Waals surface area contributed by atoms with Crippen LogP contribution in [0, 0.1) is 0 Å². The maximum Gasteiger partial charge on any atom is 0.0648 e. The Morgan fingerprint density at radius 1 is 1.50 bits per heavy atom. The molecule has 2 heteroatoms. The van der Waals surface area contributed by atoms with Crippen LogP contribution in [-0.2, 0) is 0 Å². The first-order valence-electron chi connectivity index (χ1n) is 4.09. The number of fused-ring (bicyclic) bond motifs is 1. The molecule has 0 atom stereocenters. The number of allylic oxidation sites excluding steroid dienone is 1. The monoisotopic (exact) mass is 162 g/mol. The number of nitrogens with zero attached hydrogens (tertiary/aromatic N) is 1. The zero-order valence-corrected chi connectivity index (χ0v) is 7.33. The van der Waals surface area contributed by atoms with Crippen LogP contribution in [0.3, 0.4) is 0 Å². The van der Waals surface area contributed by atoms with Crippen molar-refractivity contribution in [2.75, 3.05) is 0 Å². The molecular formula is C10H14N2. The topological polar surface area (TPSA) is 28.1 Å². The third-order valence-corrected chi connectivity index (χ3v) is 1.42. The summed E-state index contributed by atoms with van der Waals surface area (Å²) >= 11 is 0. The van der Waals surface area contributed by atoms with Gasteiger partial charge in [-0.25, -0.2) is 4.99 Å². The average Bonchev–Trinajstić information content (AvgIpc) is 2.46. The van der Waals surface area contributed by atoms with E-state index >= 15 is 0 Å². The van der Waals surface area contributed by atoms with Gasteiger partial charge in [0.2, 0.25) is 0 Å². The molecule has 0 fully saturated rings. The van der Waals surface area contributed by atoms with Gasteiger partial charge in [-0.15, -0.1) is 0 Å². The zero-order valence-electron chi connectivity index (χ0n) is 7.33. The number of rotatable bonds is 0. The summed E-state index contributed by atoms with van der Waals surface area (Å²) in [5.41, 5.74) is 0. The van der Waals surface area contributed by atoms with Crippen molar-refractivity contribution in [2.45, 2.75) is 13.8 Å². The van der Waals surface area contributed by atoms with Gasteiger partial charge in [-0.2, -0.15) is 0 Å². The van der Waals surface area contributed by atoms with Crippen LogP contribution in [-0.4, -0.2) is 10.9 Å². The third kappa shape index (κ3) is 1.74. The molecule has 0 radical (unpaired) electrons. The lowest BCUT2D eigenvalue weighted by molar-refractivity contribution is 1.31. The van der Waals surface area contributed by atoms with Crippen molar-refractivity contribution in [1.82, 2.24) is 4.98 Å². The van der Waals surface area contributed by atoms with Crippen LogP contribution in [0.4, 0.5) is 0 Å². The molecule has 0 unspecified atom stereocenters. The van der Waals surface area contributed by atoms with Gasteiger partial charge in [-0.3, -0.25) is 0 Å². The molecule has 1 aliphatic heterocycles. The quantitative estimate of drug-likeness (QED) is 0.590. The van der Waals surface area contributed by atoms with E-state index in [1.807, 2.05) is 32.2 Å². The molecule has 1 aromatic rings. The first-order chi connectivity index (χ1) is 5.97. The van der Waals surface area contributed by atoms with Gasteiger partial charge >= 0.3 is 0 Å². The molecule has 0 amide bonds. The standard InChI is InChI=1S/C8H6N2.C2H6.H2/c1-2-7-3-5-10-8(7)6-9-4-1;1-2;/h1-3,5-6,10H;1-2H3;1H. The van der Waals surface area contributed by atoms with Crippen LogP contribution in [0.1, 0.15) is 15.3 Å². The van der Waals surface area contributed by atoms with Crippen LogP contribution in [0.15, 0.2) is 23.3 Å². The fourth-order valence-corrected chi connectivity index (χ4v) is 0.923. The first-order valence-corrected chi connectivity index (χ1v) is 4.09. The van der Waals surface area contributed by atoms with E-state index in [0.29, 0.717) is 0 Å². The van der Waals surface area contributed by atoms with E-state index in [0.717, 1.165) is 10.6 Å². The van der Waals surface area contributed by atoms with E-state index in [1.54, 1.807) is 12.3 Å². The van der Waals surface area contributed by atoms with Gasteiger partial charge in [-0.1, -0.05) is 13.8 Å². The Balaban J connectivity index is 0.000000451. The average molecular weight is 162 g/mol. The van der Waals surface area contributed by atoms with Gasteiger partial charge in [0, 0.05) is 18.9 Å². The molecule has 0 bridgehead atoms. The van der Waals surface area contributed by atoms with Crippen LogP contribution >= 0.6 is 0 Å². The molecule has 0 saturated carbocycles. The Labute approximate surface area is 73.1 Å². The number of hydrogen-bond donors (Lipinski definition) is 1. The van der Waals surface area contributed by atoms with Gasteiger partial charge in [-0.05, 0) is 18.0 Å². The minimum atomic E-state index is 0. The summed E-state index contributed by atoms with van der Waals surface area (Å²) in [6.07, 6.45) is 7.43. The van der Waals surface area contributed by atoms with Gasteiger partial charge in [0.25, 0.3) is 0 Å². The predicted molar refractivity (Wildman–Crippen MR) is 54.4 cm³/mol. The van der Waals surface area contributed by atoms with Crippen molar-refractivity contribution in [2.24, 2.45) is 4.99 Å². The van der Waals surface area contributed by atoms with E-state index in [2.05, 4.69) is 15.8 Å².